The summed E-state index contributed by atoms with van der Waals surface area (Å²) < 4.78 is 0. The molecule has 0 aromatic carbocycles. The Morgan fingerprint density at radius 3 is 2.53 bits per heavy atom. The Morgan fingerprint density at radius 1 is 1.21 bits per heavy atom. The predicted molar refractivity (Wildman–Crippen MR) is 81.0 cm³/mol. The summed E-state index contributed by atoms with van der Waals surface area (Å²) in [6.07, 6.45) is 2.15. The van der Waals surface area contributed by atoms with Crippen molar-refractivity contribution in [2.75, 3.05) is 29.9 Å². The number of halogens is 1. The van der Waals surface area contributed by atoms with E-state index < -0.39 is 0 Å². The number of nitrogens with zero attached hydrogens (tertiary/aromatic N) is 4. The highest BCUT2D eigenvalue weighted by atomic mass is 35.5. The summed E-state index contributed by atoms with van der Waals surface area (Å²) >= 11 is 5.97. The molecular formula is C13H24ClN5. The van der Waals surface area contributed by atoms with E-state index in [1.54, 1.807) is 0 Å². The summed E-state index contributed by atoms with van der Waals surface area (Å²) in [5.41, 5.74) is 0. The van der Waals surface area contributed by atoms with Crippen molar-refractivity contribution in [1.29, 1.82) is 0 Å². The summed E-state index contributed by atoms with van der Waals surface area (Å²) in [7, 11) is 0. The van der Waals surface area contributed by atoms with E-state index in [1.165, 1.54) is 0 Å². The van der Waals surface area contributed by atoms with Gasteiger partial charge in [0.1, 0.15) is 0 Å². The maximum atomic E-state index is 5.97. The van der Waals surface area contributed by atoms with Gasteiger partial charge in [-0.05, 0) is 30.9 Å². The Bertz CT molecular complexity index is 385. The van der Waals surface area contributed by atoms with Gasteiger partial charge in [-0.15, -0.1) is 0 Å². The number of rotatable bonds is 8. The van der Waals surface area contributed by atoms with Crippen molar-refractivity contribution < 1.29 is 0 Å². The van der Waals surface area contributed by atoms with Crippen LogP contribution in [0.2, 0.25) is 5.28 Å². The van der Waals surface area contributed by atoms with Gasteiger partial charge in [-0.1, -0.05) is 27.2 Å². The maximum Gasteiger partial charge on any atom is 0.231 e. The SMILES string of the molecule is CCCNc1nc(Cl)nc(N(CC)CC(C)CC)n1. The fraction of sp³-hybridized carbons (Fsp3) is 0.769. The molecule has 0 fully saturated rings. The molecule has 0 aliphatic carbocycles. The molecule has 108 valence electrons. The molecule has 0 bridgehead atoms. The van der Waals surface area contributed by atoms with Crippen molar-refractivity contribution in [2.45, 2.75) is 40.5 Å². The van der Waals surface area contributed by atoms with Gasteiger partial charge >= 0.3 is 0 Å². The third-order valence-electron chi connectivity index (χ3n) is 3.02. The summed E-state index contributed by atoms with van der Waals surface area (Å²) in [4.78, 5) is 14.9. The molecule has 0 radical (unpaired) electrons. The van der Waals surface area contributed by atoms with Gasteiger partial charge in [-0.2, -0.15) is 15.0 Å². The first-order valence-corrected chi connectivity index (χ1v) is 7.38. The highest BCUT2D eigenvalue weighted by Gasteiger charge is 2.13. The highest BCUT2D eigenvalue weighted by Crippen LogP contribution is 2.16. The molecule has 19 heavy (non-hydrogen) atoms. The normalized spacial score (nSPS) is 12.3. The van der Waals surface area contributed by atoms with Crippen LogP contribution in [0.25, 0.3) is 0 Å². The fourth-order valence-corrected chi connectivity index (χ4v) is 1.81. The largest absolute Gasteiger partial charge is 0.354 e. The summed E-state index contributed by atoms with van der Waals surface area (Å²) in [5, 5.41) is 3.39. The maximum absolute atomic E-state index is 5.97. The molecule has 0 aliphatic rings. The first kappa shape index (κ1) is 16.0. The molecule has 1 N–H and O–H groups in total. The van der Waals surface area contributed by atoms with E-state index in [2.05, 4.69) is 52.9 Å². The summed E-state index contributed by atoms with van der Waals surface area (Å²) in [6, 6.07) is 0. The van der Waals surface area contributed by atoms with Crippen LogP contribution in [0.15, 0.2) is 0 Å². The van der Waals surface area contributed by atoms with E-state index in [-0.39, 0.29) is 5.28 Å². The van der Waals surface area contributed by atoms with Crippen LogP contribution in [-0.2, 0) is 0 Å². The Labute approximate surface area is 120 Å². The van der Waals surface area contributed by atoms with Gasteiger partial charge in [0.25, 0.3) is 0 Å². The second-order valence-electron chi connectivity index (χ2n) is 4.71. The summed E-state index contributed by atoms with van der Waals surface area (Å²) in [5.74, 6) is 1.81. The van der Waals surface area contributed by atoms with E-state index >= 15 is 0 Å². The molecule has 0 saturated heterocycles. The Hall–Kier alpha value is -1.10. The lowest BCUT2D eigenvalue weighted by atomic mass is 10.1. The van der Waals surface area contributed by atoms with Crippen molar-refractivity contribution in [2.24, 2.45) is 5.92 Å². The Morgan fingerprint density at radius 2 is 1.95 bits per heavy atom. The minimum absolute atomic E-state index is 0.242. The molecule has 1 atom stereocenters. The van der Waals surface area contributed by atoms with E-state index in [0.717, 1.165) is 32.5 Å². The van der Waals surface area contributed by atoms with Crippen LogP contribution in [0.4, 0.5) is 11.9 Å². The van der Waals surface area contributed by atoms with Gasteiger partial charge < -0.3 is 10.2 Å². The second-order valence-corrected chi connectivity index (χ2v) is 5.04. The van der Waals surface area contributed by atoms with Gasteiger partial charge in [0.2, 0.25) is 17.2 Å². The third-order valence-corrected chi connectivity index (χ3v) is 3.19. The third kappa shape index (κ3) is 5.19. The molecule has 1 rings (SSSR count). The monoisotopic (exact) mass is 285 g/mol. The van der Waals surface area contributed by atoms with Gasteiger partial charge in [-0.3, -0.25) is 0 Å². The first-order chi connectivity index (χ1) is 9.10. The van der Waals surface area contributed by atoms with E-state index in [1.807, 2.05) is 0 Å². The lowest BCUT2D eigenvalue weighted by molar-refractivity contribution is 0.542. The van der Waals surface area contributed by atoms with Crippen molar-refractivity contribution in [3.05, 3.63) is 5.28 Å². The molecule has 1 heterocycles. The Kier molecular flexibility index (Phi) is 6.84. The average Bonchev–Trinajstić information content (AvgIpc) is 2.41. The minimum atomic E-state index is 0.242. The van der Waals surface area contributed by atoms with Crippen molar-refractivity contribution in [3.63, 3.8) is 0 Å². The first-order valence-electron chi connectivity index (χ1n) is 7.01. The van der Waals surface area contributed by atoms with E-state index in [0.29, 0.717) is 17.8 Å². The molecule has 0 aliphatic heterocycles. The average molecular weight is 286 g/mol. The standard InChI is InChI=1S/C13H24ClN5/c1-5-8-15-12-16-11(14)17-13(18-12)19(7-3)9-10(4)6-2/h10H,5-9H2,1-4H3,(H,15,16,17,18). The van der Waals surface area contributed by atoms with Crippen molar-refractivity contribution >= 4 is 23.5 Å². The fourth-order valence-electron chi connectivity index (χ4n) is 1.65. The number of hydrogen-bond acceptors (Lipinski definition) is 5. The van der Waals surface area contributed by atoms with Gasteiger partial charge in [0.05, 0.1) is 0 Å². The van der Waals surface area contributed by atoms with Crippen LogP contribution in [0, 0.1) is 5.92 Å². The minimum Gasteiger partial charge on any atom is -0.354 e. The zero-order valence-corrected chi connectivity index (χ0v) is 13.0. The van der Waals surface area contributed by atoms with Crippen molar-refractivity contribution in [1.82, 2.24) is 15.0 Å². The number of aromatic nitrogens is 3. The molecule has 1 unspecified atom stereocenters. The Balaban J connectivity index is 2.86. The molecule has 0 amide bonds. The molecule has 1 aromatic heterocycles. The van der Waals surface area contributed by atoms with Crippen LogP contribution < -0.4 is 10.2 Å². The zero-order chi connectivity index (χ0) is 14.3. The predicted octanol–water partition coefficient (Wildman–Crippen LogP) is 3.22. The highest BCUT2D eigenvalue weighted by molar-refractivity contribution is 6.28. The molecular weight excluding hydrogens is 262 g/mol. The topological polar surface area (TPSA) is 53.9 Å². The molecule has 1 aromatic rings. The molecule has 6 heteroatoms. The van der Waals surface area contributed by atoms with E-state index in [4.69, 9.17) is 11.6 Å². The van der Waals surface area contributed by atoms with Crippen LogP contribution in [-0.4, -0.2) is 34.6 Å². The van der Waals surface area contributed by atoms with Gasteiger partial charge in [0, 0.05) is 19.6 Å². The van der Waals surface area contributed by atoms with Crippen LogP contribution in [0.1, 0.15) is 40.5 Å². The van der Waals surface area contributed by atoms with Crippen molar-refractivity contribution in [3.8, 4) is 0 Å². The van der Waals surface area contributed by atoms with E-state index in [9.17, 15) is 0 Å². The van der Waals surface area contributed by atoms with Crippen LogP contribution >= 0.6 is 11.6 Å². The number of nitrogens with one attached hydrogen (secondary N) is 1. The van der Waals surface area contributed by atoms with Gasteiger partial charge in [-0.25, -0.2) is 0 Å². The lowest BCUT2D eigenvalue weighted by Crippen LogP contribution is -2.30. The van der Waals surface area contributed by atoms with Crippen LogP contribution in [0.5, 0.6) is 0 Å². The molecule has 5 nitrogen and oxygen atoms in total. The van der Waals surface area contributed by atoms with Crippen LogP contribution in [0.3, 0.4) is 0 Å². The van der Waals surface area contributed by atoms with Gasteiger partial charge in [0.15, 0.2) is 0 Å². The number of hydrogen-bond donors (Lipinski definition) is 1. The molecule has 0 spiro atoms. The molecule has 0 saturated carbocycles. The lowest BCUT2D eigenvalue weighted by Gasteiger charge is -2.24. The smallest absolute Gasteiger partial charge is 0.231 e. The second kappa shape index (κ2) is 8.15. The summed E-state index contributed by atoms with van der Waals surface area (Å²) in [6.45, 7) is 11.2. The number of anilines is 2. The quantitative estimate of drug-likeness (QED) is 0.795. The zero-order valence-electron chi connectivity index (χ0n) is 12.3.